The van der Waals surface area contributed by atoms with Gasteiger partial charge in [-0.2, -0.15) is 0 Å². The molecule has 0 aliphatic carbocycles. The Morgan fingerprint density at radius 3 is 2.26 bits per heavy atom. The van der Waals surface area contributed by atoms with Crippen LogP contribution < -0.4 is 15.5 Å². The summed E-state index contributed by atoms with van der Waals surface area (Å²) in [6.07, 6.45) is 3.88. The fourth-order valence-corrected chi connectivity index (χ4v) is 4.18. The SMILES string of the molecule is CC(=O)Nc1ccc(NC(=O)c2ccnc(N3CCC(N4CCOCC4)CC3)c2)cc1. The molecule has 8 heteroatoms. The molecule has 0 saturated carbocycles. The largest absolute Gasteiger partial charge is 0.379 e. The monoisotopic (exact) mass is 423 g/mol. The average molecular weight is 424 g/mol. The number of carbonyl (C=O) groups excluding carboxylic acids is 2. The standard InChI is InChI=1S/C23H29N5O3/c1-17(29)25-19-2-4-20(5-3-19)26-23(30)18-6-9-24-22(16-18)28-10-7-21(8-11-28)27-12-14-31-15-13-27/h2-6,9,16,21H,7-8,10-15H2,1H3,(H,25,29)(H,26,30). The molecular weight excluding hydrogens is 394 g/mol. The molecule has 8 nitrogen and oxygen atoms in total. The van der Waals surface area contributed by atoms with Crippen LogP contribution in [0, 0.1) is 0 Å². The Kier molecular flexibility index (Phi) is 6.79. The van der Waals surface area contributed by atoms with Gasteiger partial charge >= 0.3 is 0 Å². The van der Waals surface area contributed by atoms with Gasteiger partial charge in [0.05, 0.1) is 13.2 Å². The lowest BCUT2D eigenvalue weighted by Crippen LogP contribution is -2.49. The molecule has 2 fully saturated rings. The zero-order valence-electron chi connectivity index (χ0n) is 17.8. The number of morpholine rings is 1. The molecule has 0 atom stereocenters. The van der Waals surface area contributed by atoms with Gasteiger partial charge in [-0.3, -0.25) is 14.5 Å². The van der Waals surface area contributed by atoms with Gasteiger partial charge in [0.25, 0.3) is 5.91 Å². The molecule has 1 aromatic heterocycles. The minimum Gasteiger partial charge on any atom is -0.379 e. The third kappa shape index (κ3) is 5.59. The molecule has 0 bridgehead atoms. The highest BCUT2D eigenvalue weighted by molar-refractivity contribution is 6.04. The molecule has 2 aliphatic heterocycles. The van der Waals surface area contributed by atoms with Gasteiger partial charge in [0.1, 0.15) is 5.82 Å². The first-order valence-electron chi connectivity index (χ1n) is 10.8. The number of hydrogen-bond acceptors (Lipinski definition) is 6. The van der Waals surface area contributed by atoms with Crippen molar-refractivity contribution >= 4 is 29.0 Å². The maximum absolute atomic E-state index is 12.7. The summed E-state index contributed by atoms with van der Waals surface area (Å²) in [6, 6.07) is 11.2. The van der Waals surface area contributed by atoms with Gasteiger partial charge in [-0.1, -0.05) is 0 Å². The van der Waals surface area contributed by atoms with Gasteiger partial charge in [-0.25, -0.2) is 4.98 Å². The first-order chi connectivity index (χ1) is 15.1. The van der Waals surface area contributed by atoms with Gasteiger partial charge in [0, 0.05) is 62.3 Å². The molecule has 31 heavy (non-hydrogen) atoms. The summed E-state index contributed by atoms with van der Waals surface area (Å²) in [5.41, 5.74) is 1.94. The van der Waals surface area contributed by atoms with Gasteiger partial charge in [0.15, 0.2) is 0 Å². The molecule has 0 unspecified atom stereocenters. The number of ether oxygens (including phenoxy) is 1. The lowest BCUT2D eigenvalue weighted by Gasteiger charge is -2.40. The van der Waals surface area contributed by atoms with Crippen LogP contribution in [0.25, 0.3) is 0 Å². The van der Waals surface area contributed by atoms with Crippen LogP contribution in [-0.4, -0.2) is 67.1 Å². The molecule has 164 valence electrons. The Balaban J connectivity index is 1.34. The summed E-state index contributed by atoms with van der Waals surface area (Å²) in [6.45, 7) is 7.02. The summed E-state index contributed by atoms with van der Waals surface area (Å²) < 4.78 is 5.46. The van der Waals surface area contributed by atoms with Crippen molar-refractivity contribution in [2.24, 2.45) is 0 Å². The lowest BCUT2D eigenvalue weighted by molar-refractivity contribution is -0.114. The van der Waals surface area contributed by atoms with Crippen LogP contribution in [0.4, 0.5) is 17.2 Å². The van der Waals surface area contributed by atoms with Crippen LogP contribution in [0.3, 0.4) is 0 Å². The van der Waals surface area contributed by atoms with Crippen molar-refractivity contribution < 1.29 is 14.3 Å². The summed E-state index contributed by atoms with van der Waals surface area (Å²) in [4.78, 5) is 33.1. The van der Waals surface area contributed by atoms with E-state index in [1.807, 2.05) is 6.07 Å². The molecule has 2 N–H and O–H groups in total. The topological polar surface area (TPSA) is 86.8 Å². The maximum atomic E-state index is 12.7. The molecule has 0 radical (unpaired) electrons. The van der Waals surface area contributed by atoms with Gasteiger partial charge in [-0.15, -0.1) is 0 Å². The van der Waals surface area contributed by atoms with Gasteiger partial charge < -0.3 is 20.3 Å². The number of nitrogens with zero attached hydrogens (tertiary/aromatic N) is 3. The summed E-state index contributed by atoms with van der Waals surface area (Å²) >= 11 is 0. The molecule has 2 aliphatic rings. The first kappa shape index (κ1) is 21.3. The van der Waals surface area contributed by atoms with Gasteiger partial charge in [0.2, 0.25) is 5.91 Å². The van der Waals surface area contributed by atoms with E-state index in [1.165, 1.54) is 6.92 Å². The quantitative estimate of drug-likeness (QED) is 0.769. The van der Waals surface area contributed by atoms with Crippen LogP contribution in [0.1, 0.15) is 30.1 Å². The number of rotatable bonds is 5. The van der Waals surface area contributed by atoms with E-state index in [1.54, 1.807) is 36.5 Å². The Labute approximate surface area is 182 Å². The number of benzene rings is 1. The van der Waals surface area contributed by atoms with Crippen molar-refractivity contribution in [1.82, 2.24) is 9.88 Å². The van der Waals surface area contributed by atoms with Crippen LogP contribution in [-0.2, 0) is 9.53 Å². The van der Waals surface area contributed by atoms with Crippen molar-refractivity contribution in [2.75, 3.05) is 54.9 Å². The van der Waals surface area contributed by atoms with E-state index in [-0.39, 0.29) is 11.8 Å². The molecule has 2 amide bonds. The van der Waals surface area contributed by atoms with E-state index >= 15 is 0 Å². The highest BCUT2D eigenvalue weighted by Gasteiger charge is 2.26. The number of pyridine rings is 1. The number of hydrogen-bond donors (Lipinski definition) is 2. The third-order valence-electron chi connectivity index (χ3n) is 5.82. The average Bonchev–Trinajstić information content (AvgIpc) is 2.81. The second-order valence-corrected chi connectivity index (χ2v) is 7.98. The van der Waals surface area contributed by atoms with Crippen LogP contribution in [0.2, 0.25) is 0 Å². The van der Waals surface area contributed by atoms with E-state index in [9.17, 15) is 9.59 Å². The van der Waals surface area contributed by atoms with Crippen molar-refractivity contribution in [3.8, 4) is 0 Å². The molecule has 1 aromatic carbocycles. The third-order valence-corrected chi connectivity index (χ3v) is 5.82. The second-order valence-electron chi connectivity index (χ2n) is 7.98. The van der Waals surface area contributed by atoms with Crippen molar-refractivity contribution in [2.45, 2.75) is 25.8 Å². The molecule has 2 aromatic rings. The zero-order valence-corrected chi connectivity index (χ0v) is 17.8. The molecule has 2 saturated heterocycles. The fourth-order valence-electron chi connectivity index (χ4n) is 4.18. The van der Waals surface area contributed by atoms with Crippen molar-refractivity contribution in [3.63, 3.8) is 0 Å². The number of nitrogens with one attached hydrogen (secondary N) is 2. The van der Waals surface area contributed by atoms with Crippen molar-refractivity contribution in [1.29, 1.82) is 0 Å². The predicted molar refractivity (Wildman–Crippen MR) is 121 cm³/mol. The first-order valence-corrected chi connectivity index (χ1v) is 10.8. The summed E-state index contributed by atoms with van der Waals surface area (Å²) in [5, 5.41) is 5.61. The normalized spacial score (nSPS) is 17.9. The fraction of sp³-hybridized carbons (Fsp3) is 0.435. The maximum Gasteiger partial charge on any atom is 0.255 e. The van der Waals surface area contributed by atoms with Crippen LogP contribution >= 0.6 is 0 Å². The minimum absolute atomic E-state index is 0.130. The Bertz CT molecular complexity index is 904. The lowest BCUT2D eigenvalue weighted by atomic mass is 10.0. The molecular formula is C23H29N5O3. The smallest absolute Gasteiger partial charge is 0.255 e. The predicted octanol–water partition coefficient (Wildman–Crippen LogP) is 2.59. The zero-order chi connectivity index (χ0) is 21.6. The number of amides is 2. The number of anilines is 3. The van der Waals surface area contributed by atoms with Crippen LogP contribution in [0.15, 0.2) is 42.6 Å². The number of piperidine rings is 1. The Morgan fingerprint density at radius 2 is 1.61 bits per heavy atom. The highest BCUT2D eigenvalue weighted by atomic mass is 16.5. The van der Waals surface area contributed by atoms with Crippen LogP contribution in [0.5, 0.6) is 0 Å². The Morgan fingerprint density at radius 1 is 0.968 bits per heavy atom. The molecule has 4 rings (SSSR count). The van der Waals surface area contributed by atoms with E-state index in [0.717, 1.165) is 58.1 Å². The van der Waals surface area contributed by atoms with E-state index in [4.69, 9.17) is 4.74 Å². The second kappa shape index (κ2) is 9.89. The van der Waals surface area contributed by atoms with E-state index < -0.39 is 0 Å². The number of carbonyl (C=O) groups is 2. The van der Waals surface area contributed by atoms with E-state index in [2.05, 4.69) is 25.4 Å². The highest BCUT2D eigenvalue weighted by Crippen LogP contribution is 2.23. The number of aromatic nitrogens is 1. The summed E-state index contributed by atoms with van der Waals surface area (Å²) in [5.74, 6) is 0.531. The van der Waals surface area contributed by atoms with Crippen molar-refractivity contribution in [3.05, 3.63) is 48.2 Å². The molecule has 0 spiro atoms. The minimum atomic E-state index is -0.181. The van der Waals surface area contributed by atoms with Gasteiger partial charge in [-0.05, 0) is 49.2 Å². The Hall–Kier alpha value is -2.97. The summed E-state index contributed by atoms with van der Waals surface area (Å²) in [7, 11) is 0. The van der Waals surface area contributed by atoms with E-state index in [0.29, 0.717) is 23.0 Å². The molecule has 3 heterocycles.